The first-order valence-electron chi connectivity index (χ1n) is 9.42. The molecule has 0 amide bonds. The van der Waals surface area contributed by atoms with Crippen LogP contribution in [-0.4, -0.2) is 18.4 Å². The van der Waals surface area contributed by atoms with Gasteiger partial charge in [0.25, 0.3) is 0 Å². The maximum absolute atomic E-state index is 11.0. The first kappa shape index (κ1) is 16.4. The van der Waals surface area contributed by atoms with Crippen LogP contribution in [-0.2, 0) is 4.79 Å². The average Bonchev–Trinajstić information content (AvgIpc) is 2.59. The minimum atomic E-state index is 0.434. The van der Waals surface area contributed by atoms with Crippen molar-refractivity contribution in [3.63, 3.8) is 0 Å². The van der Waals surface area contributed by atoms with E-state index in [0.29, 0.717) is 24.4 Å². The Morgan fingerprint density at radius 1 is 0.870 bits per heavy atom. The topological polar surface area (TPSA) is 41.1 Å². The molecule has 1 aromatic carbocycles. The van der Waals surface area contributed by atoms with E-state index in [0.717, 1.165) is 6.29 Å². The molecule has 3 nitrogen and oxygen atoms in total. The Hall–Kier alpha value is -1.51. The zero-order chi connectivity index (χ0) is 15.9. The Morgan fingerprint density at radius 2 is 1.52 bits per heavy atom. The molecule has 23 heavy (non-hydrogen) atoms. The first-order chi connectivity index (χ1) is 11.4. The highest BCUT2D eigenvalue weighted by atomic mass is 16.1. The Morgan fingerprint density at radius 3 is 2.26 bits per heavy atom. The van der Waals surface area contributed by atoms with Crippen LogP contribution in [0.25, 0.3) is 0 Å². The summed E-state index contributed by atoms with van der Waals surface area (Å²) in [5.74, 6) is 0.490. The summed E-state index contributed by atoms with van der Waals surface area (Å²) in [6.07, 6.45) is 13.3. The van der Waals surface area contributed by atoms with Crippen LogP contribution in [0.3, 0.4) is 0 Å². The number of carbonyl (C=O) groups excluding carboxylic acids is 1. The predicted molar refractivity (Wildman–Crippen MR) is 97.0 cm³/mol. The third-order valence-corrected chi connectivity index (χ3v) is 5.54. The highest BCUT2D eigenvalue weighted by Gasteiger charge is 2.25. The predicted octanol–water partition coefficient (Wildman–Crippen LogP) is 4.99. The lowest BCUT2D eigenvalue weighted by Crippen LogP contribution is -2.33. The van der Waals surface area contributed by atoms with Gasteiger partial charge in [-0.2, -0.15) is 0 Å². The van der Waals surface area contributed by atoms with Gasteiger partial charge in [-0.1, -0.05) is 44.2 Å². The Balaban J connectivity index is 1.67. The third-order valence-electron chi connectivity index (χ3n) is 5.54. The van der Waals surface area contributed by atoms with Gasteiger partial charge in [-0.3, -0.25) is 0 Å². The van der Waals surface area contributed by atoms with Gasteiger partial charge in [-0.25, -0.2) is 0 Å². The second kappa shape index (κ2) is 8.37. The van der Waals surface area contributed by atoms with Crippen LogP contribution in [0, 0.1) is 5.92 Å². The molecule has 0 spiro atoms. The molecule has 0 saturated heterocycles. The van der Waals surface area contributed by atoms with Gasteiger partial charge in [0.2, 0.25) is 0 Å². The van der Waals surface area contributed by atoms with Gasteiger partial charge in [-0.05, 0) is 43.7 Å². The summed E-state index contributed by atoms with van der Waals surface area (Å²) in [4.78, 5) is 11.0. The Bertz CT molecular complexity index is 496. The van der Waals surface area contributed by atoms with Crippen molar-refractivity contribution >= 4 is 17.7 Å². The maximum Gasteiger partial charge on any atom is 0.120 e. The second-order valence-corrected chi connectivity index (χ2v) is 7.22. The molecule has 0 aromatic heterocycles. The van der Waals surface area contributed by atoms with Crippen LogP contribution in [0.2, 0.25) is 0 Å². The molecular formula is C20H30N2O. The summed E-state index contributed by atoms with van der Waals surface area (Å²) in [5.41, 5.74) is 2.44. The van der Waals surface area contributed by atoms with Gasteiger partial charge >= 0.3 is 0 Å². The average molecular weight is 314 g/mol. The molecule has 3 rings (SSSR count). The molecule has 2 fully saturated rings. The molecule has 2 aliphatic rings. The summed E-state index contributed by atoms with van der Waals surface area (Å²) in [6, 6.07) is 9.63. The van der Waals surface area contributed by atoms with Gasteiger partial charge in [-0.15, -0.1) is 0 Å². The number of para-hydroxylation sites is 2. The number of aldehydes is 1. The molecule has 2 unspecified atom stereocenters. The van der Waals surface area contributed by atoms with Crippen molar-refractivity contribution in [3.05, 3.63) is 24.3 Å². The SMILES string of the molecule is O=CCC1CCCCC1Nc1ccccc1NC1CCCCC1. The molecule has 0 aliphatic heterocycles. The fraction of sp³-hybridized carbons (Fsp3) is 0.650. The summed E-state index contributed by atoms with van der Waals surface area (Å²) in [7, 11) is 0. The Kier molecular flexibility index (Phi) is 5.95. The van der Waals surface area contributed by atoms with Gasteiger partial charge in [0, 0.05) is 18.5 Å². The molecule has 2 saturated carbocycles. The lowest BCUT2D eigenvalue weighted by molar-refractivity contribution is -0.108. The van der Waals surface area contributed by atoms with E-state index in [2.05, 4.69) is 34.9 Å². The van der Waals surface area contributed by atoms with Gasteiger partial charge in [0.05, 0.1) is 11.4 Å². The van der Waals surface area contributed by atoms with Gasteiger partial charge in [0.15, 0.2) is 0 Å². The lowest BCUT2D eigenvalue weighted by atomic mass is 9.82. The third kappa shape index (κ3) is 4.49. The highest BCUT2D eigenvalue weighted by Crippen LogP contribution is 2.32. The fourth-order valence-electron chi connectivity index (χ4n) is 4.20. The van der Waals surface area contributed by atoms with Crippen molar-refractivity contribution in [2.24, 2.45) is 5.92 Å². The Labute approximate surface area is 140 Å². The van der Waals surface area contributed by atoms with Crippen molar-refractivity contribution in [1.82, 2.24) is 0 Å². The number of carbonyl (C=O) groups is 1. The number of hydrogen-bond donors (Lipinski definition) is 2. The van der Waals surface area contributed by atoms with E-state index in [4.69, 9.17) is 0 Å². The zero-order valence-electron chi connectivity index (χ0n) is 14.1. The normalized spacial score (nSPS) is 25.7. The standard InChI is InChI=1S/C20H30N2O/c23-15-14-16-8-4-5-11-18(16)22-20-13-7-6-12-19(20)21-17-9-2-1-3-10-17/h6-7,12-13,15-18,21-22H,1-5,8-11,14H2. The molecule has 0 heterocycles. The van der Waals surface area contributed by atoms with Gasteiger partial charge < -0.3 is 15.4 Å². The summed E-state index contributed by atoms with van der Waals surface area (Å²) in [5, 5.41) is 7.51. The largest absolute Gasteiger partial charge is 0.381 e. The van der Waals surface area contributed by atoms with Crippen molar-refractivity contribution < 1.29 is 4.79 Å². The van der Waals surface area contributed by atoms with Crippen LogP contribution >= 0.6 is 0 Å². The smallest absolute Gasteiger partial charge is 0.120 e. The van der Waals surface area contributed by atoms with Crippen LogP contribution < -0.4 is 10.6 Å². The van der Waals surface area contributed by atoms with Crippen molar-refractivity contribution in [3.8, 4) is 0 Å². The van der Waals surface area contributed by atoms with E-state index in [-0.39, 0.29) is 0 Å². The second-order valence-electron chi connectivity index (χ2n) is 7.22. The molecular weight excluding hydrogens is 284 g/mol. The van der Waals surface area contributed by atoms with E-state index in [1.807, 2.05) is 0 Å². The molecule has 2 atom stereocenters. The molecule has 3 heteroatoms. The zero-order valence-corrected chi connectivity index (χ0v) is 14.1. The minimum absolute atomic E-state index is 0.434. The molecule has 0 bridgehead atoms. The van der Waals surface area contributed by atoms with E-state index >= 15 is 0 Å². The molecule has 126 valence electrons. The quantitative estimate of drug-likeness (QED) is 0.727. The molecule has 1 aromatic rings. The highest BCUT2D eigenvalue weighted by molar-refractivity contribution is 5.69. The van der Waals surface area contributed by atoms with E-state index < -0.39 is 0 Å². The van der Waals surface area contributed by atoms with Crippen molar-refractivity contribution in [2.75, 3.05) is 10.6 Å². The molecule has 0 radical (unpaired) electrons. The number of benzene rings is 1. The molecule has 2 N–H and O–H groups in total. The van der Waals surface area contributed by atoms with E-state index in [9.17, 15) is 4.79 Å². The minimum Gasteiger partial charge on any atom is -0.381 e. The summed E-state index contributed by atoms with van der Waals surface area (Å²) < 4.78 is 0. The monoisotopic (exact) mass is 314 g/mol. The van der Waals surface area contributed by atoms with Crippen molar-refractivity contribution in [2.45, 2.75) is 76.3 Å². The number of nitrogens with one attached hydrogen (secondary N) is 2. The maximum atomic E-state index is 11.0. The van der Waals surface area contributed by atoms with Gasteiger partial charge in [0.1, 0.15) is 6.29 Å². The van der Waals surface area contributed by atoms with Crippen LogP contribution in [0.5, 0.6) is 0 Å². The van der Waals surface area contributed by atoms with Crippen LogP contribution in [0.1, 0.15) is 64.2 Å². The summed E-state index contributed by atoms with van der Waals surface area (Å²) in [6.45, 7) is 0. The van der Waals surface area contributed by atoms with Crippen LogP contribution in [0.15, 0.2) is 24.3 Å². The van der Waals surface area contributed by atoms with Crippen LogP contribution in [0.4, 0.5) is 11.4 Å². The van der Waals surface area contributed by atoms with Crippen molar-refractivity contribution in [1.29, 1.82) is 0 Å². The lowest BCUT2D eigenvalue weighted by Gasteiger charge is -2.33. The first-order valence-corrected chi connectivity index (χ1v) is 9.42. The fourth-order valence-corrected chi connectivity index (χ4v) is 4.20. The van der Waals surface area contributed by atoms with E-state index in [1.54, 1.807) is 0 Å². The number of hydrogen-bond acceptors (Lipinski definition) is 3. The number of rotatable bonds is 6. The number of anilines is 2. The molecule has 2 aliphatic carbocycles. The van der Waals surface area contributed by atoms with E-state index in [1.165, 1.54) is 69.2 Å². The summed E-state index contributed by atoms with van der Waals surface area (Å²) >= 11 is 0.